The second-order valence-corrected chi connectivity index (χ2v) is 11.6. The Balaban J connectivity index is 2.24. The van der Waals surface area contributed by atoms with Gasteiger partial charge >= 0.3 is 5.51 Å². The zero-order chi connectivity index (χ0) is 23.2. The lowest BCUT2D eigenvalue weighted by atomic mass is 9.86. The number of hydrogen-bond donors (Lipinski definition) is 0. The van der Waals surface area contributed by atoms with Crippen molar-refractivity contribution in [3.05, 3.63) is 75.7 Å². The van der Waals surface area contributed by atoms with Crippen LogP contribution in [0.25, 0.3) is 0 Å². The molecule has 0 heterocycles. The minimum absolute atomic E-state index is 0.201. The van der Waals surface area contributed by atoms with Gasteiger partial charge in [0.05, 0.1) is 4.90 Å². The molecule has 0 aromatic heterocycles. The van der Waals surface area contributed by atoms with E-state index < -0.39 is 71.3 Å². The summed E-state index contributed by atoms with van der Waals surface area (Å²) >= 11 is 5.77. The first-order valence-electron chi connectivity index (χ1n) is 8.68. The summed E-state index contributed by atoms with van der Waals surface area (Å²) in [7, 11) is -10.2. The molecule has 0 radical (unpaired) electrons. The van der Waals surface area contributed by atoms with Crippen molar-refractivity contribution in [1.29, 1.82) is 0 Å². The van der Waals surface area contributed by atoms with Gasteiger partial charge in [0.1, 0.15) is 16.4 Å². The van der Waals surface area contributed by atoms with Gasteiger partial charge < -0.3 is 0 Å². The van der Waals surface area contributed by atoms with Crippen molar-refractivity contribution < 1.29 is 38.8 Å². The molecule has 0 amide bonds. The van der Waals surface area contributed by atoms with Crippen LogP contribution in [0.15, 0.2) is 58.3 Å². The van der Waals surface area contributed by atoms with Crippen LogP contribution in [0.1, 0.15) is 24.8 Å². The van der Waals surface area contributed by atoms with E-state index in [0.29, 0.717) is 18.2 Å². The summed E-state index contributed by atoms with van der Waals surface area (Å²) in [6, 6.07) is 6.88. The number of alkyl halides is 3. The summed E-state index contributed by atoms with van der Waals surface area (Å²) < 4.78 is 116. The average molecular weight is 501 g/mol. The zero-order valence-electron chi connectivity index (χ0n) is 15.5. The lowest BCUT2D eigenvalue weighted by molar-refractivity contribution is -0.0428. The molecule has 1 atom stereocenters. The molecule has 0 bridgehead atoms. The molecule has 1 aliphatic rings. The highest BCUT2D eigenvalue weighted by Crippen LogP contribution is 2.49. The summed E-state index contributed by atoms with van der Waals surface area (Å²) in [5, 5.41) is 0.201. The predicted octanol–water partition coefficient (Wildman–Crippen LogP) is 5.29. The van der Waals surface area contributed by atoms with Crippen LogP contribution < -0.4 is 0 Å². The van der Waals surface area contributed by atoms with Gasteiger partial charge in [-0.05, 0) is 61.7 Å². The van der Waals surface area contributed by atoms with E-state index in [0.717, 1.165) is 18.2 Å². The van der Waals surface area contributed by atoms with E-state index in [-0.39, 0.29) is 9.92 Å². The average Bonchev–Trinajstić information content (AvgIpc) is 2.69. The van der Waals surface area contributed by atoms with E-state index in [4.69, 9.17) is 11.6 Å². The molecule has 168 valence electrons. The van der Waals surface area contributed by atoms with Crippen LogP contribution in [0.2, 0.25) is 5.02 Å². The van der Waals surface area contributed by atoms with Gasteiger partial charge in [0, 0.05) is 15.5 Å². The predicted molar refractivity (Wildman–Crippen MR) is 104 cm³/mol. The number of halogens is 6. The fourth-order valence-electron chi connectivity index (χ4n) is 3.52. The van der Waals surface area contributed by atoms with Crippen LogP contribution in [-0.2, 0) is 24.4 Å². The molecule has 3 rings (SSSR count). The Hall–Kier alpha value is -1.98. The molecule has 2 aromatic rings. The third-order valence-corrected chi connectivity index (χ3v) is 9.58. The van der Waals surface area contributed by atoms with Gasteiger partial charge in [0.2, 0.25) is 0 Å². The highest BCUT2D eigenvalue weighted by molar-refractivity contribution is 7.96. The van der Waals surface area contributed by atoms with E-state index in [1.807, 2.05) is 0 Å². The topological polar surface area (TPSA) is 68.3 Å². The summed E-state index contributed by atoms with van der Waals surface area (Å²) in [6.07, 6.45) is -1.72. The fraction of sp³-hybridized carbons (Fsp3) is 0.263. The fourth-order valence-corrected chi connectivity index (χ4v) is 6.68. The highest BCUT2D eigenvalue weighted by atomic mass is 35.5. The van der Waals surface area contributed by atoms with Crippen molar-refractivity contribution in [2.75, 3.05) is 0 Å². The van der Waals surface area contributed by atoms with Crippen LogP contribution in [0, 0.1) is 11.6 Å². The Morgan fingerprint density at radius 1 is 0.935 bits per heavy atom. The molecule has 12 heteroatoms. The highest BCUT2D eigenvalue weighted by Gasteiger charge is 2.53. The molecule has 31 heavy (non-hydrogen) atoms. The van der Waals surface area contributed by atoms with Gasteiger partial charge in [-0.25, -0.2) is 25.6 Å². The van der Waals surface area contributed by atoms with Gasteiger partial charge in [-0.1, -0.05) is 17.7 Å². The lowest BCUT2D eigenvalue weighted by Gasteiger charge is -2.36. The second-order valence-electron chi connectivity index (χ2n) is 6.90. The number of hydrogen-bond acceptors (Lipinski definition) is 4. The van der Waals surface area contributed by atoms with Gasteiger partial charge in [0.25, 0.3) is 9.84 Å². The molecule has 0 saturated heterocycles. The lowest BCUT2D eigenvalue weighted by Crippen LogP contribution is -2.40. The molecule has 1 unspecified atom stereocenters. The van der Waals surface area contributed by atoms with E-state index in [2.05, 4.69) is 0 Å². The van der Waals surface area contributed by atoms with Crippen LogP contribution in [0.4, 0.5) is 22.0 Å². The van der Waals surface area contributed by atoms with Crippen LogP contribution in [0.5, 0.6) is 0 Å². The third-order valence-electron chi connectivity index (χ3n) is 5.14. The van der Waals surface area contributed by atoms with Crippen LogP contribution in [-0.4, -0.2) is 22.3 Å². The molecular weight excluding hydrogens is 487 g/mol. The minimum atomic E-state index is -5.68. The van der Waals surface area contributed by atoms with Crippen LogP contribution in [0.3, 0.4) is 0 Å². The maximum absolute atomic E-state index is 14.7. The Morgan fingerprint density at radius 3 is 2.06 bits per heavy atom. The van der Waals surface area contributed by atoms with E-state index in [9.17, 15) is 38.8 Å². The molecule has 0 saturated carbocycles. The Labute approximate surface area is 180 Å². The molecule has 0 N–H and O–H groups in total. The first-order valence-corrected chi connectivity index (χ1v) is 12.0. The largest absolute Gasteiger partial charge is 0.501 e. The number of benzene rings is 2. The molecule has 0 fully saturated rings. The van der Waals surface area contributed by atoms with Crippen molar-refractivity contribution in [1.82, 2.24) is 0 Å². The Morgan fingerprint density at radius 2 is 1.55 bits per heavy atom. The van der Waals surface area contributed by atoms with Gasteiger partial charge in [0.15, 0.2) is 9.84 Å². The monoisotopic (exact) mass is 500 g/mol. The quantitative estimate of drug-likeness (QED) is 0.535. The standard InChI is InChI=1S/C19H14ClF5O4S2/c20-12-1-4-14(5-2-12)30(26,27)18(16-11-13(21)3-6-17(16)22)9-7-15(8-10-18)31(28,29)19(23,24)25/h1-7,11H,8-10H2. The Bertz CT molecular complexity index is 1250. The van der Waals surface area contributed by atoms with E-state index in [1.54, 1.807) is 0 Å². The second kappa shape index (κ2) is 7.86. The number of rotatable bonds is 4. The molecule has 0 aliphatic heterocycles. The van der Waals surface area contributed by atoms with Crippen molar-refractivity contribution in [3.63, 3.8) is 0 Å². The zero-order valence-corrected chi connectivity index (χ0v) is 17.8. The Kier molecular flexibility index (Phi) is 6.00. The maximum Gasteiger partial charge on any atom is 0.501 e. The summed E-state index contributed by atoms with van der Waals surface area (Å²) in [4.78, 5) is -1.34. The summed E-state index contributed by atoms with van der Waals surface area (Å²) in [6.45, 7) is 0. The van der Waals surface area contributed by atoms with Crippen molar-refractivity contribution in [3.8, 4) is 0 Å². The minimum Gasteiger partial charge on any atom is -0.223 e. The maximum atomic E-state index is 14.7. The summed E-state index contributed by atoms with van der Waals surface area (Å²) in [5.41, 5.74) is -6.17. The van der Waals surface area contributed by atoms with Gasteiger partial charge in [-0.15, -0.1) is 0 Å². The van der Waals surface area contributed by atoms with Gasteiger partial charge in [-0.2, -0.15) is 13.2 Å². The number of allylic oxidation sites excluding steroid dienone is 2. The van der Waals surface area contributed by atoms with E-state index >= 15 is 0 Å². The SMILES string of the molecule is O=S(=O)(C1=CCC(c2cc(F)ccc2F)(S(=O)(=O)c2ccc(Cl)cc2)CC1)C(F)(F)F. The van der Waals surface area contributed by atoms with Crippen molar-refractivity contribution in [2.45, 2.75) is 34.4 Å². The molecule has 1 aliphatic carbocycles. The molecule has 2 aromatic carbocycles. The molecule has 0 spiro atoms. The van der Waals surface area contributed by atoms with E-state index in [1.165, 1.54) is 12.1 Å². The van der Waals surface area contributed by atoms with Gasteiger partial charge in [-0.3, -0.25) is 0 Å². The smallest absolute Gasteiger partial charge is 0.223 e. The van der Waals surface area contributed by atoms with Crippen molar-refractivity contribution in [2.24, 2.45) is 0 Å². The number of sulfone groups is 2. The first kappa shape index (κ1) is 23.7. The summed E-state index contributed by atoms with van der Waals surface area (Å²) in [5.74, 6) is -2.05. The van der Waals surface area contributed by atoms with Crippen LogP contribution >= 0.6 is 11.6 Å². The first-order chi connectivity index (χ1) is 14.2. The molecule has 4 nitrogen and oxygen atoms in total. The third kappa shape index (κ3) is 3.98. The normalized spacial score (nSPS) is 20.4. The van der Waals surface area contributed by atoms with Crippen molar-refractivity contribution >= 4 is 31.3 Å². The molecular formula is C19H14ClF5O4S2.